The van der Waals surface area contributed by atoms with Crippen molar-refractivity contribution in [2.45, 2.75) is 23.1 Å². The number of aliphatic carboxylic acids is 1. The largest absolute Gasteiger partial charge is 0.480 e. The summed E-state index contributed by atoms with van der Waals surface area (Å²) in [7, 11) is -2.21. The van der Waals surface area contributed by atoms with Crippen molar-refractivity contribution < 1.29 is 27.9 Å². The van der Waals surface area contributed by atoms with E-state index in [9.17, 15) is 23.1 Å². The van der Waals surface area contributed by atoms with Gasteiger partial charge in [-0.1, -0.05) is 36.4 Å². The first-order valence-electron chi connectivity index (χ1n) is 8.23. The quantitative estimate of drug-likeness (QED) is 0.675. The van der Waals surface area contributed by atoms with E-state index in [1.807, 2.05) is 0 Å². The van der Waals surface area contributed by atoms with Crippen LogP contribution in [-0.2, 0) is 25.1 Å². The van der Waals surface area contributed by atoms with Crippen LogP contribution in [0.2, 0.25) is 0 Å². The third-order valence-electron chi connectivity index (χ3n) is 3.87. The van der Waals surface area contributed by atoms with Crippen LogP contribution in [0.3, 0.4) is 0 Å². The number of benzene rings is 2. The monoisotopic (exact) mass is 391 g/mol. The van der Waals surface area contributed by atoms with Crippen LogP contribution >= 0.6 is 0 Å². The molecule has 0 fully saturated rings. The molecule has 1 amide bonds. The van der Waals surface area contributed by atoms with Crippen molar-refractivity contribution in [2.24, 2.45) is 0 Å². The van der Waals surface area contributed by atoms with Gasteiger partial charge in [-0.2, -0.15) is 0 Å². The van der Waals surface area contributed by atoms with Crippen LogP contribution in [0.5, 0.6) is 0 Å². The summed E-state index contributed by atoms with van der Waals surface area (Å²) in [6.45, 7) is 0.169. The van der Waals surface area contributed by atoms with Crippen LogP contribution < -0.4 is 5.32 Å². The second kappa shape index (κ2) is 9.29. The molecule has 2 rings (SSSR count). The zero-order chi connectivity index (χ0) is 19.9. The van der Waals surface area contributed by atoms with Crippen LogP contribution in [0.1, 0.15) is 22.3 Å². The number of carboxylic acids is 1. The minimum atomic E-state index is -3.64. The summed E-state index contributed by atoms with van der Waals surface area (Å²) in [4.78, 5) is 23.6. The highest BCUT2D eigenvalue weighted by Gasteiger charge is 2.22. The van der Waals surface area contributed by atoms with Gasteiger partial charge in [-0.05, 0) is 23.8 Å². The number of nitrogens with one attached hydrogen (secondary N) is 1. The fraction of sp³-hybridized carbons (Fsp3) is 0.263. The summed E-state index contributed by atoms with van der Waals surface area (Å²) in [5.74, 6) is -2.03. The molecule has 27 heavy (non-hydrogen) atoms. The molecule has 2 N–H and O–H groups in total. The number of ether oxygens (including phenoxy) is 1. The molecule has 0 saturated carbocycles. The Morgan fingerprint density at radius 3 is 2.44 bits per heavy atom. The Hall–Kier alpha value is -2.71. The number of carbonyl (C=O) groups is 2. The van der Waals surface area contributed by atoms with Gasteiger partial charge in [0.15, 0.2) is 9.84 Å². The number of sulfone groups is 1. The minimum absolute atomic E-state index is 0.00256. The third-order valence-corrected chi connectivity index (χ3v) is 5.55. The van der Waals surface area contributed by atoms with E-state index in [-0.39, 0.29) is 29.2 Å². The van der Waals surface area contributed by atoms with Gasteiger partial charge < -0.3 is 15.2 Å². The lowest BCUT2D eigenvalue weighted by atomic mass is 10.1. The van der Waals surface area contributed by atoms with Crippen LogP contribution in [-0.4, -0.2) is 45.2 Å². The average Bonchev–Trinajstić information content (AvgIpc) is 2.65. The molecule has 7 nitrogen and oxygen atoms in total. The van der Waals surface area contributed by atoms with E-state index < -0.39 is 27.8 Å². The molecule has 0 saturated heterocycles. The van der Waals surface area contributed by atoms with Crippen LogP contribution in [0.25, 0.3) is 0 Å². The van der Waals surface area contributed by atoms with Crippen molar-refractivity contribution in [2.75, 3.05) is 13.7 Å². The maximum Gasteiger partial charge on any atom is 0.326 e. The van der Waals surface area contributed by atoms with Gasteiger partial charge >= 0.3 is 5.97 Å². The molecular formula is C19H21NO6S. The fourth-order valence-corrected chi connectivity index (χ4v) is 3.83. The molecule has 0 aliphatic rings. The normalized spacial score (nSPS) is 12.3. The van der Waals surface area contributed by atoms with E-state index in [1.54, 1.807) is 30.3 Å². The number of hydrogen-bond donors (Lipinski definition) is 2. The third kappa shape index (κ3) is 5.90. The van der Waals surface area contributed by atoms with E-state index >= 15 is 0 Å². The van der Waals surface area contributed by atoms with Crippen molar-refractivity contribution in [3.05, 3.63) is 65.7 Å². The van der Waals surface area contributed by atoms with Gasteiger partial charge in [-0.25, -0.2) is 13.2 Å². The van der Waals surface area contributed by atoms with Crippen LogP contribution in [0, 0.1) is 0 Å². The molecule has 8 heteroatoms. The van der Waals surface area contributed by atoms with Crippen molar-refractivity contribution in [1.82, 2.24) is 5.32 Å². The summed E-state index contributed by atoms with van der Waals surface area (Å²) < 4.78 is 30.0. The molecule has 0 bridgehead atoms. The molecule has 2 aromatic rings. The maximum absolute atomic E-state index is 12.6. The Labute approximate surface area is 157 Å². The highest BCUT2D eigenvalue weighted by molar-refractivity contribution is 7.90. The van der Waals surface area contributed by atoms with Crippen molar-refractivity contribution in [1.29, 1.82) is 0 Å². The summed E-state index contributed by atoms with van der Waals surface area (Å²) in [6.07, 6.45) is 0.101. The van der Waals surface area contributed by atoms with Gasteiger partial charge in [0.25, 0.3) is 5.91 Å². The van der Waals surface area contributed by atoms with Crippen LogP contribution in [0.15, 0.2) is 59.5 Å². The van der Waals surface area contributed by atoms with Gasteiger partial charge in [0.2, 0.25) is 0 Å². The topological polar surface area (TPSA) is 110 Å². The van der Waals surface area contributed by atoms with Crippen molar-refractivity contribution in [3.8, 4) is 0 Å². The molecule has 0 aliphatic carbocycles. The molecular weight excluding hydrogens is 370 g/mol. The van der Waals surface area contributed by atoms with Gasteiger partial charge in [-0.3, -0.25) is 4.79 Å². The predicted octanol–water partition coefficient (Wildman–Crippen LogP) is 1.88. The second-order valence-electron chi connectivity index (χ2n) is 5.92. The summed E-state index contributed by atoms with van der Waals surface area (Å²) in [5.41, 5.74) is 0.714. The molecule has 0 heterocycles. The molecule has 1 unspecified atom stereocenters. The number of amides is 1. The molecule has 1 atom stereocenters. The van der Waals surface area contributed by atoms with Crippen LogP contribution in [0.4, 0.5) is 0 Å². The van der Waals surface area contributed by atoms with Crippen molar-refractivity contribution >= 4 is 21.7 Å². The molecule has 144 valence electrons. The van der Waals surface area contributed by atoms with Gasteiger partial charge in [0, 0.05) is 25.7 Å². The highest BCUT2D eigenvalue weighted by Crippen LogP contribution is 2.18. The standard InChI is InChI=1S/C19H21NO6S/c1-26-11-10-17(19(22)23)20-18(21)15-8-5-9-16(12-15)27(24,25)13-14-6-3-2-4-7-14/h2-9,12,17H,10-11,13H2,1H3,(H,20,21)(H,22,23). The SMILES string of the molecule is COCCC(NC(=O)c1cccc(S(=O)(=O)Cc2ccccc2)c1)C(=O)O. The Bertz CT molecular complexity index is 895. The van der Waals surface area contributed by atoms with E-state index in [0.29, 0.717) is 5.56 Å². The van der Waals surface area contributed by atoms with E-state index in [4.69, 9.17) is 4.74 Å². The van der Waals surface area contributed by atoms with Gasteiger partial charge in [0.1, 0.15) is 6.04 Å². The van der Waals surface area contributed by atoms with Crippen molar-refractivity contribution in [3.63, 3.8) is 0 Å². The number of rotatable bonds is 9. The maximum atomic E-state index is 12.6. The molecule has 0 aromatic heterocycles. The Morgan fingerprint density at radius 2 is 1.81 bits per heavy atom. The van der Waals surface area contributed by atoms with E-state index in [1.165, 1.54) is 31.4 Å². The number of carboxylic acid groups (broad SMARTS) is 1. The lowest BCUT2D eigenvalue weighted by molar-refractivity contribution is -0.139. The summed E-state index contributed by atoms with van der Waals surface area (Å²) in [6, 6.07) is 13.1. The summed E-state index contributed by atoms with van der Waals surface area (Å²) in [5, 5.41) is 11.6. The number of hydrogen-bond acceptors (Lipinski definition) is 5. The molecule has 0 spiro atoms. The summed E-state index contributed by atoms with van der Waals surface area (Å²) >= 11 is 0. The highest BCUT2D eigenvalue weighted by atomic mass is 32.2. The first-order valence-corrected chi connectivity index (χ1v) is 9.88. The zero-order valence-electron chi connectivity index (χ0n) is 14.8. The molecule has 2 aromatic carbocycles. The minimum Gasteiger partial charge on any atom is -0.480 e. The lowest BCUT2D eigenvalue weighted by Crippen LogP contribution is -2.41. The Morgan fingerprint density at radius 1 is 1.11 bits per heavy atom. The van der Waals surface area contributed by atoms with Gasteiger partial charge in [0.05, 0.1) is 10.6 Å². The lowest BCUT2D eigenvalue weighted by Gasteiger charge is -2.14. The molecule has 0 aliphatic heterocycles. The van der Waals surface area contributed by atoms with E-state index in [0.717, 1.165) is 0 Å². The zero-order valence-corrected chi connectivity index (χ0v) is 15.6. The smallest absolute Gasteiger partial charge is 0.326 e. The molecule has 0 radical (unpaired) electrons. The second-order valence-corrected chi connectivity index (χ2v) is 7.91. The first kappa shape index (κ1) is 20.6. The number of methoxy groups -OCH3 is 1. The Balaban J connectivity index is 2.18. The fourth-order valence-electron chi connectivity index (χ4n) is 2.44. The first-order chi connectivity index (χ1) is 12.8. The number of carbonyl (C=O) groups excluding carboxylic acids is 1. The predicted molar refractivity (Wildman–Crippen MR) is 99.2 cm³/mol. The average molecular weight is 391 g/mol. The Kier molecular flexibility index (Phi) is 7.09. The van der Waals surface area contributed by atoms with E-state index in [2.05, 4.69) is 5.32 Å². The van der Waals surface area contributed by atoms with Gasteiger partial charge in [-0.15, -0.1) is 0 Å².